The van der Waals surface area contributed by atoms with Gasteiger partial charge in [-0.2, -0.15) is 18.3 Å². The molecule has 5 nitrogen and oxygen atoms in total. The number of Topliss-reactive ketones (excluding diaryl/α,β-unsaturated/α-hetero) is 1. The molecule has 0 radical (unpaired) electrons. The quantitative estimate of drug-likeness (QED) is 0.853. The summed E-state index contributed by atoms with van der Waals surface area (Å²) in [7, 11) is 0. The van der Waals surface area contributed by atoms with Crippen molar-refractivity contribution in [3.63, 3.8) is 0 Å². The van der Waals surface area contributed by atoms with Gasteiger partial charge in [-0.3, -0.25) is 14.7 Å². The number of H-pyrrole nitrogens is 1. The molecule has 2 heterocycles. The van der Waals surface area contributed by atoms with Gasteiger partial charge in [-0.05, 0) is 11.4 Å². The van der Waals surface area contributed by atoms with E-state index in [0.29, 0.717) is 5.69 Å². The zero-order valence-electron chi connectivity index (χ0n) is 9.82. The third kappa shape index (κ3) is 3.44. The molecule has 106 valence electrons. The topological polar surface area (TPSA) is 74.8 Å². The molecule has 0 aliphatic carbocycles. The first kappa shape index (κ1) is 14.3. The summed E-state index contributed by atoms with van der Waals surface area (Å²) in [6, 6.07) is 5.09. The Kier molecular flexibility index (Phi) is 3.89. The van der Waals surface area contributed by atoms with Gasteiger partial charge in [-0.25, -0.2) is 0 Å². The summed E-state index contributed by atoms with van der Waals surface area (Å²) < 4.78 is 36.0. The van der Waals surface area contributed by atoms with Crippen molar-refractivity contribution in [1.82, 2.24) is 10.2 Å². The van der Waals surface area contributed by atoms with E-state index in [1.54, 1.807) is 6.07 Å². The van der Waals surface area contributed by atoms with E-state index in [-0.39, 0.29) is 5.82 Å². The number of thiophene rings is 1. The lowest BCUT2D eigenvalue weighted by Gasteiger charge is -2.04. The van der Waals surface area contributed by atoms with Crippen molar-refractivity contribution < 1.29 is 22.8 Å². The van der Waals surface area contributed by atoms with E-state index >= 15 is 0 Å². The molecule has 9 heteroatoms. The number of nitrogens with zero attached hydrogens (tertiary/aromatic N) is 1. The zero-order chi connectivity index (χ0) is 14.8. The molecule has 2 aromatic heterocycles. The van der Waals surface area contributed by atoms with Crippen LogP contribution in [-0.2, 0) is 9.59 Å². The van der Waals surface area contributed by atoms with Crippen LogP contribution in [-0.4, -0.2) is 28.1 Å². The molecule has 0 atom stereocenters. The predicted molar refractivity (Wildman–Crippen MR) is 66.2 cm³/mol. The number of halogens is 3. The summed E-state index contributed by atoms with van der Waals surface area (Å²) in [4.78, 5) is 22.8. The van der Waals surface area contributed by atoms with Crippen molar-refractivity contribution in [2.45, 2.75) is 12.6 Å². The number of anilines is 1. The van der Waals surface area contributed by atoms with Crippen LogP contribution >= 0.6 is 11.3 Å². The molecule has 0 fully saturated rings. The second-order valence-corrected chi connectivity index (χ2v) is 4.74. The van der Waals surface area contributed by atoms with E-state index in [4.69, 9.17) is 0 Å². The third-order valence-electron chi connectivity index (χ3n) is 2.26. The summed E-state index contributed by atoms with van der Waals surface area (Å²) in [6.45, 7) is 0. The number of amides is 1. The highest BCUT2D eigenvalue weighted by Gasteiger charge is 2.39. The Hall–Kier alpha value is -2.16. The second-order valence-electron chi connectivity index (χ2n) is 3.79. The van der Waals surface area contributed by atoms with Crippen molar-refractivity contribution in [1.29, 1.82) is 0 Å². The van der Waals surface area contributed by atoms with Crippen molar-refractivity contribution in [2.24, 2.45) is 0 Å². The molecule has 0 aliphatic rings. The maximum atomic E-state index is 12.0. The average Bonchev–Trinajstić information content (AvgIpc) is 2.96. The number of hydrogen-bond donors (Lipinski definition) is 2. The van der Waals surface area contributed by atoms with Crippen LogP contribution in [0.4, 0.5) is 19.0 Å². The summed E-state index contributed by atoms with van der Waals surface area (Å²) in [6.07, 6.45) is -6.26. The molecule has 2 rings (SSSR count). The number of alkyl halides is 3. The number of aromatic amines is 1. The van der Waals surface area contributed by atoms with Gasteiger partial charge in [0.15, 0.2) is 0 Å². The largest absolute Gasteiger partial charge is 0.450 e. The van der Waals surface area contributed by atoms with E-state index in [0.717, 1.165) is 4.88 Å². The van der Waals surface area contributed by atoms with Crippen LogP contribution in [0.15, 0.2) is 23.6 Å². The van der Waals surface area contributed by atoms with E-state index in [1.807, 2.05) is 11.4 Å². The first-order valence-electron chi connectivity index (χ1n) is 5.35. The van der Waals surface area contributed by atoms with Gasteiger partial charge < -0.3 is 5.32 Å². The number of aromatic nitrogens is 2. The summed E-state index contributed by atoms with van der Waals surface area (Å²) in [5.41, 5.74) is 0.553. The highest BCUT2D eigenvalue weighted by Crippen LogP contribution is 2.24. The minimum Gasteiger partial charge on any atom is -0.311 e. The van der Waals surface area contributed by atoms with Crippen LogP contribution in [0.2, 0.25) is 0 Å². The van der Waals surface area contributed by atoms with Crippen molar-refractivity contribution in [3.8, 4) is 10.6 Å². The van der Waals surface area contributed by atoms with Gasteiger partial charge in [0, 0.05) is 6.07 Å². The SMILES string of the molecule is O=C(CC(=O)C(F)(F)F)Nc1cc(-c2cccs2)n[nH]1. The lowest BCUT2D eigenvalue weighted by Crippen LogP contribution is -2.27. The normalized spacial score (nSPS) is 11.3. The molecule has 2 N–H and O–H groups in total. The van der Waals surface area contributed by atoms with Crippen LogP contribution in [0.3, 0.4) is 0 Å². The zero-order valence-corrected chi connectivity index (χ0v) is 10.6. The van der Waals surface area contributed by atoms with Gasteiger partial charge in [-0.15, -0.1) is 11.3 Å². The van der Waals surface area contributed by atoms with Crippen LogP contribution in [0.5, 0.6) is 0 Å². The first-order chi connectivity index (χ1) is 9.36. The average molecular weight is 303 g/mol. The number of hydrogen-bond acceptors (Lipinski definition) is 4. The Morgan fingerprint density at radius 1 is 1.40 bits per heavy atom. The van der Waals surface area contributed by atoms with Gasteiger partial charge in [-0.1, -0.05) is 6.07 Å². The number of ketones is 1. The van der Waals surface area contributed by atoms with Gasteiger partial charge in [0.05, 0.1) is 11.3 Å². The molecule has 0 spiro atoms. The molecule has 0 saturated carbocycles. The Morgan fingerprint density at radius 2 is 2.15 bits per heavy atom. The Labute approximate surface area is 114 Å². The number of carbonyl (C=O) groups excluding carboxylic acids is 2. The van der Waals surface area contributed by atoms with Crippen LogP contribution in [0, 0.1) is 0 Å². The third-order valence-corrected chi connectivity index (χ3v) is 3.16. The standard InChI is InChI=1S/C11H8F3N3O2S/c12-11(13,14)8(18)5-10(19)15-9-4-6(16-17-9)7-2-1-3-20-7/h1-4H,5H2,(H2,15,16,17,19). The Balaban J connectivity index is 1.97. The number of nitrogens with one attached hydrogen (secondary N) is 2. The molecule has 0 aromatic carbocycles. The van der Waals surface area contributed by atoms with Gasteiger partial charge in [0.1, 0.15) is 11.5 Å². The van der Waals surface area contributed by atoms with Gasteiger partial charge in [0.2, 0.25) is 11.7 Å². The molecule has 20 heavy (non-hydrogen) atoms. The molecule has 0 unspecified atom stereocenters. The molecular weight excluding hydrogens is 295 g/mol. The fourth-order valence-electron chi connectivity index (χ4n) is 1.38. The van der Waals surface area contributed by atoms with Gasteiger partial charge >= 0.3 is 6.18 Å². The maximum absolute atomic E-state index is 12.0. The molecule has 1 amide bonds. The molecular formula is C11H8F3N3O2S. The van der Waals surface area contributed by atoms with Crippen molar-refractivity contribution in [3.05, 3.63) is 23.6 Å². The molecule has 0 aliphatic heterocycles. The van der Waals surface area contributed by atoms with E-state index < -0.39 is 24.3 Å². The minimum atomic E-state index is -5.01. The smallest absolute Gasteiger partial charge is 0.311 e. The highest BCUT2D eigenvalue weighted by atomic mass is 32.1. The van der Waals surface area contributed by atoms with E-state index in [9.17, 15) is 22.8 Å². The maximum Gasteiger partial charge on any atom is 0.450 e. The minimum absolute atomic E-state index is 0.133. The summed E-state index contributed by atoms with van der Waals surface area (Å²) >= 11 is 1.42. The molecule has 2 aromatic rings. The fourth-order valence-corrected chi connectivity index (χ4v) is 2.06. The van der Waals surface area contributed by atoms with Crippen LogP contribution < -0.4 is 5.32 Å². The second kappa shape index (κ2) is 5.45. The van der Waals surface area contributed by atoms with Crippen molar-refractivity contribution in [2.75, 3.05) is 5.32 Å². The van der Waals surface area contributed by atoms with Gasteiger partial charge in [0.25, 0.3) is 0 Å². The predicted octanol–water partition coefficient (Wildman–Crippen LogP) is 2.60. The van der Waals surface area contributed by atoms with E-state index in [1.165, 1.54) is 17.4 Å². The number of rotatable bonds is 4. The molecule has 0 saturated heterocycles. The number of carbonyl (C=O) groups is 2. The highest BCUT2D eigenvalue weighted by molar-refractivity contribution is 7.13. The van der Waals surface area contributed by atoms with Crippen LogP contribution in [0.1, 0.15) is 6.42 Å². The summed E-state index contributed by atoms with van der Waals surface area (Å²) in [5.74, 6) is -3.00. The Morgan fingerprint density at radius 3 is 2.75 bits per heavy atom. The monoisotopic (exact) mass is 303 g/mol. The lowest BCUT2D eigenvalue weighted by atomic mass is 10.2. The lowest BCUT2D eigenvalue weighted by molar-refractivity contribution is -0.171. The molecule has 0 bridgehead atoms. The Bertz CT molecular complexity index is 619. The van der Waals surface area contributed by atoms with Crippen molar-refractivity contribution >= 4 is 28.8 Å². The first-order valence-corrected chi connectivity index (χ1v) is 6.23. The fraction of sp³-hybridized carbons (Fsp3) is 0.182. The van der Waals surface area contributed by atoms with E-state index in [2.05, 4.69) is 15.5 Å². The summed E-state index contributed by atoms with van der Waals surface area (Å²) in [5, 5.41) is 10.4. The van der Waals surface area contributed by atoms with Crippen LogP contribution in [0.25, 0.3) is 10.6 Å².